The first-order valence-electron chi connectivity index (χ1n) is 12.8. The van der Waals surface area contributed by atoms with Crippen molar-refractivity contribution in [3.8, 4) is 11.6 Å². The lowest BCUT2D eigenvalue weighted by atomic mass is 10.0. The molecule has 0 radical (unpaired) electrons. The molecule has 4 aromatic rings. The number of benzene rings is 1. The number of urea groups is 1. The normalized spacial score (nSPS) is 16.6. The van der Waals surface area contributed by atoms with Gasteiger partial charge in [0.2, 0.25) is 11.8 Å². The number of ether oxygens (including phenoxy) is 1. The number of likely N-dealkylation sites (tertiary alicyclic amines) is 1. The van der Waals surface area contributed by atoms with Gasteiger partial charge in [-0.1, -0.05) is 13.0 Å². The van der Waals surface area contributed by atoms with E-state index in [0.717, 1.165) is 12.8 Å². The van der Waals surface area contributed by atoms with E-state index in [1.54, 1.807) is 58.6 Å². The summed E-state index contributed by atoms with van der Waals surface area (Å²) in [6, 6.07) is 13.8. The highest BCUT2D eigenvalue weighted by Gasteiger charge is 2.33. The maximum atomic E-state index is 13.4. The Morgan fingerprint density at radius 1 is 1.13 bits per heavy atom. The summed E-state index contributed by atoms with van der Waals surface area (Å²) >= 11 is 1.24. The van der Waals surface area contributed by atoms with Gasteiger partial charge in [-0.15, -0.1) is 11.3 Å². The highest BCUT2D eigenvalue weighted by molar-refractivity contribution is 7.21. The summed E-state index contributed by atoms with van der Waals surface area (Å²) < 4.78 is 5.77. The Morgan fingerprint density at radius 3 is 2.74 bits per heavy atom. The zero-order valence-corrected chi connectivity index (χ0v) is 22.0. The van der Waals surface area contributed by atoms with Gasteiger partial charge >= 0.3 is 6.03 Å². The van der Waals surface area contributed by atoms with E-state index in [-0.39, 0.29) is 23.9 Å². The number of thiophene rings is 1. The van der Waals surface area contributed by atoms with Gasteiger partial charge in [-0.3, -0.25) is 14.5 Å². The molecule has 198 valence electrons. The van der Waals surface area contributed by atoms with Crippen LogP contribution < -0.4 is 20.3 Å². The molecule has 0 saturated carbocycles. The number of nitrogens with one attached hydrogen (secondary N) is 2. The molecule has 2 aliphatic rings. The maximum absolute atomic E-state index is 13.4. The summed E-state index contributed by atoms with van der Waals surface area (Å²) in [7, 11) is 0. The monoisotopic (exact) mass is 542 g/mol. The molecule has 4 amide bonds. The Kier molecular flexibility index (Phi) is 6.57. The number of rotatable bonds is 6. The van der Waals surface area contributed by atoms with Crippen LogP contribution in [0.3, 0.4) is 0 Å². The molecule has 2 N–H and O–H groups in total. The highest BCUT2D eigenvalue weighted by atomic mass is 32.1. The predicted octanol–water partition coefficient (Wildman–Crippen LogP) is 5.30. The third kappa shape index (κ3) is 4.76. The molecule has 2 aliphatic heterocycles. The van der Waals surface area contributed by atoms with E-state index in [1.165, 1.54) is 11.3 Å². The number of hydrogen-bond donors (Lipinski definition) is 2. The molecule has 6 rings (SSSR count). The second-order valence-corrected chi connectivity index (χ2v) is 10.4. The van der Waals surface area contributed by atoms with E-state index in [2.05, 4.69) is 20.6 Å². The predicted molar refractivity (Wildman–Crippen MR) is 149 cm³/mol. The zero-order valence-electron chi connectivity index (χ0n) is 21.2. The Hall–Kier alpha value is -4.51. The van der Waals surface area contributed by atoms with Crippen molar-refractivity contribution in [2.75, 3.05) is 23.3 Å². The van der Waals surface area contributed by atoms with E-state index in [1.807, 2.05) is 19.1 Å². The summed E-state index contributed by atoms with van der Waals surface area (Å²) in [5, 5.41) is 6.71. The van der Waals surface area contributed by atoms with Crippen molar-refractivity contribution in [3.63, 3.8) is 0 Å². The van der Waals surface area contributed by atoms with Crippen LogP contribution in [0.1, 0.15) is 35.9 Å². The van der Waals surface area contributed by atoms with Crippen LogP contribution in [0.5, 0.6) is 11.6 Å². The highest BCUT2D eigenvalue weighted by Crippen LogP contribution is 2.45. The molecule has 1 fully saturated rings. The average Bonchev–Trinajstić information content (AvgIpc) is 3.33. The fourth-order valence-corrected chi connectivity index (χ4v) is 6.01. The van der Waals surface area contributed by atoms with Crippen LogP contribution in [-0.4, -0.2) is 51.8 Å². The standard InChI is InChI=1S/C28H26N6O4S/c1-2-22(35)33-15-5-6-17(16-33)31-26(36)25-24-23-20(12-14-30-27(23)39-25)34(28(37)32-24)18-8-10-19(11-9-18)38-21-7-3-4-13-29-21/h3-4,7-14,17H,2,5-6,15-16H2,1H3,(H,31,36)(H,32,37)/t17-/m1/s1. The number of carbonyl (C=O) groups excluding carboxylic acids is 3. The minimum absolute atomic E-state index is 0.0865. The molecule has 10 nitrogen and oxygen atoms in total. The summed E-state index contributed by atoms with van der Waals surface area (Å²) in [4.78, 5) is 52.0. The van der Waals surface area contributed by atoms with Gasteiger partial charge in [0.25, 0.3) is 5.91 Å². The van der Waals surface area contributed by atoms with Gasteiger partial charge in [-0.25, -0.2) is 14.8 Å². The average molecular weight is 543 g/mol. The van der Waals surface area contributed by atoms with Crippen LogP contribution in [0, 0.1) is 0 Å². The van der Waals surface area contributed by atoms with E-state index < -0.39 is 0 Å². The summed E-state index contributed by atoms with van der Waals surface area (Å²) in [6.07, 6.45) is 5.36. The Morgan fingerprint density at radius 2 is 1.97 bits per heavy atom. The molecule has 39 heavy (non-hydrogen) atoms. The van der Waals surface area contributed by atoms with Gasteiger partial charge in [0.05, 0.1) is 22.4 Å². The molecular weight excluding hydrogens is 516 g/mol. The van der Waals surface area contributed by atoms with Crippen molar-refractivity contribution >= 4 is 56.5 Å². The van der Waals surface area contributed by atoms with Crippen molar-refractivity contribution in [1.82, 2.24) is 20.2 Å². The minimum Gasteiger partial charge on any atom is -0.439 e. The molecule has 5 heterocycles. The first-order chi connectivity index (χ1) is 19.0. The van der Waals surface area contributed by atoms with Gasteiger partial charge in [0.1, 0.15) is 15.5 Å². The number of carbonyl (C=O) groups is 3. The SMILES string of the molecule is CCC(=O)N1CCC[C@@H](NC(=O)c2sc3nccc4c3c2NC(=O)N4c2ccc(Oc3ccccn3)cc2)C1. The van der Waals surface area contributed by atoms with Crippen molar-refractivity contribution < 1.29 is 19.1 Å². The van der Waals surface area contributed by atoms with Crippen molar-refractivity contribution in [3.05, 3.63) is 65.8 Å². The number of piperidine rings is 1. The zero-order chi connectivity index (χ0) is 26.9. The van der Waals surface area contributed by atoms with Crippen LogP contribution in [0.2, 0.25) is 0 Å². The maximum Gasteiger partial charge on any atom is 0.331 e. The molecule has 0 aliphatic carbocycles. The molecule has 1 aromatic carbocycles. The molecule has 0 spiro atoms. The third-order valence-electron chi connectivity index (χ3n) is 6.82. The molecule has 1 saturated heterocycles. The van der Waals surface area contributed by atoms with Gasteiger partial charge in [0.15, 0.2) is 0 Å². The molecule has 11 heteroatoms. The van der Waals surface area contributed by atoms with Crippen LogP contribution in [0.4, 0.5) is 21.9 Å². The Balaban J connectivity index is 1.26. The third-order valence-corrected chi connectivity index (χ3v) is 7.92. The number of hydrogen-bond acceptors (Lipinski definition) is 7. The Bertz CT molecular complexity index is 1560. The van der Waals surface area contributed by atoms with Gasteiger partial charge in [-0.05, 0) is 49.2 Å². The number of nitrogens with zero attached hydrogens (tertiary/aromatic N) is 4. The van der Waals surface area contributed by atoms with Gasteiger partial charge in [0, 0.05) is 44.0 Å². The molecule has 0 unspecified atom stereocenters. The van der Waals surface area contributed by atoms with Gasteiger partial charge in [-0.2, -0.15) is 0 Å². The van der Waals surface area contributed by atoms with E-state index >= 15 is 0 Å². The van der Waals surface area contributed by atoms with Crippen molar-refractivity contribution in [2.45, 2.75) is 32.2 Å². The summed E-state index contributed by atoms with van der Waals surface area (Å²) in [5.41, 5.74) is 1.74. The minimum atomic E-state index is -0.377. The topological polar surface area (TPSA) is 117 Å². The first kappa shape index (κ1) is 24.8. The summed E-state index contributed by atoms with van der Waals surface area (Å²) in [5.74, 6) is 0.873. The quantitative estimate of drug-likeness (QED) is 0.342. The van der Waals surface area contributed by atoms with Crippen LogP contribution in [0.15, 0.2) is 60.9 Å². The van der Waals surface area contributed by atoms with Crippen LogP contribution >= 0.6 is 11.3 Å². The largest absolute Gasteiger partial charge is 0.439 e. The van der Waals surface area contributed by atoms with Crippen LogP contribution in [0.25, 0.3) is 10.2 Å². The van der Waals surface area contributed by atoms with Gasteiger partial charge < -0.3 is 20.3 Å². The van der Waals surface area contributed by atoms with E-state index in [9.17, 15) is 14.4 Å². The number of aromatic nitrogens is 2. The van der Waals surface area contributed by atoms with Crippen LogP contribution in [-0.2, 0) is 4.79 Å². The number of anilines is 3. The summed E-state index contributed by atoms with van der Waals surface area (Å²) in [6.45, 7) is 3.04. The fourth-order valence-electron chi connectivity index (χ4n) is 4.99. The second kappa shape index (κ2) is 10.3. The lowest BCUT2D eigenvalue weighted by Crippen LogP contribution is -2.49. The van der Waals surface area contributed by atoms with Crippen molar-refractivity contribution in [2.24, 2.45) is 0 Å². The second-order valence-electron chi connectivity index (χ2n) is 9.35. The fraction of sp³-hybridized carbons (Fsp3) is 0.250. The molecule has 3 aromatic heterocycles. The molecular formula is C28H26N6O4S. The Labute approximate surface area is 228 Å². The van der Waals surface area contributed by atoms with Crippen molar-refractivity contribution in [1.29, 1.82) is 0 Å². The smallest absolute Gasteiger partial charge is 0.331 e. The molecule has 0 bridgehead atoms. The van der Waals surface area contributed by atoms with E-state index in [0.29, 0.717) is 63.3 Å². The first-order valence-corrected chi connectivity index (χ1v) is 13.6. The lowest BCUT2D eigenvalue weighted by molar-refractivity contribution is -0.132. The lowest BCUT2D eigenvalue weighted by Gasteiger charge is -2.33. The molecule has 1 atom stereocenters. The van der Waals surface area contributed by atoms with E-state index in [4.69, 9.17) is 4.74 Å². The number of pyridine rings is 2. The number of amides is 4.